The highest BCUT2D eigenvalue weighted by molar-refractivity contribution is 5.98. The van der Waals surface area contributed by atoms with Gasteiger partial charge < -0.3 is 15.8 Å². The van der Waals surface area contributed by atoms with E-state index in [0.29, 0.717) is 6.54 Å². The number of nitrogens with two attached hydrogens (primary N) is 1. The van der Waals surface area contributed by atoms with E-state index in [1.165, 1.54) is 0 Å². The molecule has 0 amide bonds. The van der Waals surface area contributed by atoms with Crippen molar-refractivity contribution >= 4 is 5.71 Å². The van der Waals surface area contributed by atoms with Crippen LogP contribution in [0.15, 0.2) is 40.7 Å². The predicted molar refractivity (Wildman–Crippen MR) is 75.8 cm³/mol. The summed E-state index contributed by atoms with van der Waals surface area (Å²) in [6.45, 7) is 4.44. The summed E-state index contributed by atoms with van der Waals surface area (Å²) < 4.78 is 5.11. The first-order valence-electron chi connectivity index (χ1n) is 5.87. The fraction of sp³-hybridized carbons (Fsp3) is 0.357. The number of hydrogen-bond acceptors (Lipinski definition) is 4. The van der Waals surface area contributed by atoms with Crippen molar-refractivity contribution in [2.75, 3.05) is 14.2 Å². The molecule has 18 heavy (non-hydrogen) atoms. The second-order valence-corrected chi connectivity index (χ2v) is 4.06. The molecule has 0 fully saturated rings. The van der Waals surface area contributed by atoms with E-state index >= 15 is 0 Å². The molecule has 0 atom stereocenters. The molecule has 0 aliphatic carbocycles. The van der Waals surface area contributed by atoms with Crippen LogP contribution in [0.4, 0.5) is 0 Å². The first-order chi connectivity index (χ1) is 8.58. The van der Waals surface area contributed by atoms with E-state index in [0.717, 1.165) is 28.4 Å². The minimum absolute atomic E-state index is 0.633. The number of allylic oxidation sites excluding steroid dienone is 2. The van der Waals surface area contributed by atoms with Crippen LogP contribution in [0, 0.1) is 0 Å². The Hall–Kier alpha value is -1.97. The lowest BCUT2D eigenvalue weighted by Gasteiger charge is -2.09. The predicted octanol–water partition coefficient (Wildman–Crippen LogP) is 2.07. The molecule has 1 aromatic carbocycles. The number of rotatable bonds is 5. The lowest BCUT2D eigenvalue weighted by Crippen LogP contribution is -2.19. The average Bonchev–Trinajstić information content (AvgIpc) is 2.37. The monoisotopic (exact) mass is 247 g/mol. The summed E-state index contributed by atoms with van der Waals surface area (Å²) in [4.78, 5) is 4.52. The van der Waals surface area contributed by atoms with E-state index < -0.39 is 0 Å². The van der Waals surface area contributed by atoms with Crippen LogP contribution in [0.2, 0.25) is 0 Å². The molecule has 0 unspecified atom stereocenters. The second-order valence-electron chi connectivity index (χ2n) is 4.06. The maximum absolute atomic E-state index is 5.77. The third-order valence-corrected chi connectivity index (χ3v) is 2.66. The van der Waals surface area contributed by atoms with Gasteiger partial charge in [-0.1, -0.05) is 12.1 Å². The lowest BCUT2D eigenvalue weighted by molar-refractivity contribution is 0.414. The summed E-state index contributed by atoms with van der Waals surface area (Å²) >= 11 is 0. The van der Waals surface area contributed by atoms with E-state index in [-0.39, 0.29) is 0 Å². The molecule has 98 valence electrons. The van der Waals surface area contributed by atoms with Crippen LogP contribution in [0.1, 0.15) is 19.4 Å². The van der Waals surface area contributed by atoms with Crippen molar-refractivity contribution in [2.24, 2.45) is 10.7 Å². The van der Waals surface area contributed by atoms with Gasteiger partial charge in [0.1, 0.15) is 5.75 Å². The largest absolute Gasteiger partial charge is 0.497 e. The number of nitrogens with zero attached hydrogens (tertiary/aromatic N) is 1. The minimum atomic E-state index is 0.633. The van der Waals surface area contributed by atoms with E-state index in [1.807, 2.05) is 45.2 Å². The summed E-state index contributed by atoms with van der Waals surface area (Å²) in [7, 11) is 3.50. The Kier molecular flexibility index (Phi) is 5.24. The molecule has 0 radical (unpaired) electrons. The molecule has 0 saturated heterocycles. The van der Waals surface area contributed by atoms with Crippen LogP contribution in [0.3, 0.4) is 0 Å². The third kappa shape index (κ3) is 3.80. The fourth-order valence-corrected chi connectivity index (χ4v) is 1.68. The van der Waals surface area contributed by atoms with E-state index in [2.05, 4.69) is 10.3 Å². The molecule has 4 heteroatoms. The van der Waals surface area contributed by atoms with Crippen LogP contribution in [-0.4, -0.2) is 19.9 Å². The van der Waals surface area contributed by atoms with Crippen molar-refractivity contribution in [2.45, 2.75) is 20.4 Å². The highest BCUT2D eigenvalue weighted by Crippen LogP contribution is 2.12. The van der Waals surface area contributed by atoms with Gasteiger partial charge in [0.15, 0.2) is 0 Å². The average molecular weight is 247 g/mol. The quantitative estimate of drug-likeness (QED) is 0.783. The molecule has 0 bridgehead atoms. The van der Waals surface area contributed by atoms with E-state index in [4.69, 9.17) is 10.5 Å². The molecule has 0 aliphatic rings. The Bertz CT molecular complexity index is 443. The smallest absolute Gasteiger partial charge is 0.118 e. The summed E-state index contributed by atoms with van der Waals surface area (Å²) in [5.41, 5.74) is 9.46. The Labute approximate surface area is 109 Å². The van der Waals surface area contributed by atoms with Crippen LogP contribution in [0.5, 0.6) is 5.75 Å². The van der Waals surface area contributed by atoms with Crippen LogP contribution in [-0.2, 0) is 6.54 Å². The number of hydrogen-bond donors (Lipinski definition) is 2. The Morgan fingerprint density at radius 2 is 1.89 bits per heavy atom. The van der Waals surface area contributed by atoms with E-state index in [9.17, 15) is 0 Å². The Balaban J connectivity index is 2.76. The molecule has 3 N–H and O–H groups in total. The lowest BCUT2D eigenvalue weighted by atomic mass is 10.2. The Morgan fingerprint density at radius 1 is 1.28 bits per heavy atom. The number of methoxy groups -OCH3 is 1. The van der Waals surface area contributed by atoms with Crippen molar-refractivity contribution in [3.63, 3.8) is 0 Å². The fourth-order valence-electron chi connectivity index (χ4n) is 1.68. The third-order valence-electron chi connectivity index (χ3n) is 2.66. The topological polar surface area (TPSA) is 59.6 Å². The molecule has 1 aromatic rings. The van der Waals surface area contributed by atoms with Crippen LogP contribution >= 0.6 is 0 Å². The molecule has 4 nitrogen and oxygen atoms in total. The van der Waals surface area contributed by atoms with Gasteiger partial charge in [0.05, 0.1) is 25.1 Å². The summed E-state index contributed by atoms with van der Waals surface area (Å²) in [6, 6.07) is 7.88. The van der Waals surface area contributed by atoms with Gasteiger partial charge in [-0.15, -0.1) is 0 Å². The molecule has 0 saturated carbocycles. The molecule has 0 aliphatic heterocycles. The first-order valence-corrected chi connectivity index (χ1v) is 5.87. The second kappa shape index (κ2) is 6.69. The number of benzene rings is 1. The molecule has 0 heterocycles. The van der Waals surface area contributed by atoms with E-state index in [1.54, 1.807) is 7.11 Å². The number of nitrogens with one attached hydrogen (secondary N) is 1. The zero-order valence-electron chi connectivity index (χ0n) is 11.4. The molecular formula is C14H21N3O. The highest BCUT2D eigenvalue weighted by Gasteiger charge is 2.01. The van der Waals surface area contributed by atoms with Crippen molar-refractivity contribution < 1.29 is 4.74 Å². The zero-order valence-corrected chi connectivity index (χ0v) is 11.4. The van der Waals surface area contributed by atoms with Gasteiger partial charge in [0.2, 0.25) is 0 Å². The molecule has 1 rings (SSSR count). The van der Waals surface area contributed by atoms with Crippen molar-refractivity contribution in [1.82, 2.24) is 5.32 Å². The maximum Gasteiger partial charge on any atom is 0.118 e. The van der Waals surface area contributed by atoms with Gasteiger partial charge in [0.25, 0.3) is 0 Å². The maximum atomic E-state index is 5.77. The van der Waals surface area contributed by atoms with Gasteiger partial charge >= 0.3 is 0 Å². The van der Waals surface area contributed by atoms with Crippen molar-refractivity contribution in [3.8, 4) is 5.75 Å². The SMILES string of the molecule is CNC(C(C)=NCc1ccc(OC)cc1)=C(C)N. The first kappa shape index (κ1) is 14.1. The number of ether oxygens (including phenoxy) is 1. The van der Waals surface area contributed by atoms with Crippen LogP contribution in [0.25, 0.3) is 0 Å². The summed E-state index contributed by atoms with van der Waals surface area (Å²) in [6.07, 6.45) is 0. The van der Waals surface area contributed by atoms with Gasteiger partial charge in [0, 0.05) is 12.7 Å². The van der Waals surface area contributed by atoms with Gasteiger partial charge in [-0.05, 0) is 31.5 Å². The molecule has 0 spiro atoms. The summed E-state index contributed by atoms with van der Waals surface area (Å²) in [5, 5.41) is 3.06. The summed E-state index contributed by atoms with van der Waals surface area (Å²) in [5.74, 6) is 0.855. The minimum Gasteiger partial charge on any atom is -0.497 e. The van der Waals surface area contributed by atoms with Gasteiger partial charge in [-0.3, -0.25) is 4.99 Å². The molecular weight excluding hydrogens is 226 g/mol. The van der Waals surface area contributed by atoms with Gasteiger partial charge in [-0.25, -0.2) is 0 Å². The van der Waals surface area contributed by atoms with Crippen LogP contribution < -0.4 is 15.8 Å². The molecule has 0 aromatic heterocycles. The van der Waals surface area contributed by atoms with Crippen molar-refractivity contribution in [1.29, 1.82) is 0 Å². The number of aliphatic imine (C=N–C) groups is 1. The van der Waals surface area contributed by atoms with Crippen molar-refractivity contribution in [3.05, 3.63) is 41.2 Å². The normalized spacial score (nSPS) is 13.0. The Morgan fingerprint density at radius 3 is 2.33 bits per heavy atom. The van der Waals surface area contributed by atoms with Gasteiger partial charge in [-0.2, -0.15) is 0 Å². The highest BCUT2D eigenvalue weighted by atomic mass is 16.5. The zero-order chi connectivity index (χ0) is 13.5. The standard InChI is InChI=1S/C14H21N3O/c1-10(15)14(16-3)11(2)17-9-12-5-7-13(18-4)8-6-12/h5-8,16H,9,15H2,1-4H3.